The summed E-state index contributed by atoms with van der Waals surface area (Å²) in [5.41, 5.74) is 0.601. The smallest absolute Gasteiger partial charge is 0.254 e. The van der Waals surface area contributed by atoms with E-state index in [0.29, 0.717) is 18.2 Å². The summed E-state index contributed by atoms with van der Waals surface area (Å²) in [5.74, 6) is 0.695. The van der Waals surface area contributed by atoms with Gasteiger partial charge in [-0.1, -0.05) is 19.3 Å². The summed E-state index contributed by atoms with van der Waals surface area (Å²) >= 11 is 1.47. The van der Waals surface area contributed by atoms with Gasteiger partial charge >= 0.3 is 0 Å². The van der Waals surface area contributed by atoms with Gasteiger partial charge in [0, 0.05) is 12.2 Å². The van der Waals surface area contributed by atoms with Gasteiger partial charge in [0.1, 0.15) is 11.4 Å². The Labute approximate surface area is 140 Å². The number of rotatable bonds is 5. The lowest BCUT2D eigenvalue weighted by Gasteiger charge is -2.24. The number of nitrogens with one attached hydrogen (secondary N) is 1. The van der Waals surface area contributed by atoms with E-state index in [4.69, 9.17) is 0 Å². The molecule has 6 nitrogen and oxygen atoms in total. The van der Waals surface area contributed by atoms with Crippen LogP contribution in [0.15, 0.2) is 29.7 Å². The molecule has 1 aliphatic carbocycles. The average molecular weight is 331 g/mol. The van der Waals surface area contributed by atoms with Crippen molar-refractivity contribution < 1.29 is 4.79 Å². The zero-order chi connectivity index (χ0) is 16.1. The van der Waals surface area contributed by atoms with Gasteiger partial charge in [-0.2, -0.15) is 0 Å². The van der Waals surface area contributed by atoms with Gasteiger partial charge in [0.15, 0.2) is 5.82 Å². The summed E-state index contributed by atoms with van der Waals surface area (Å²) < 4.78 is 2.12. The molecule has 1 aliphatic rings. The number of hydrogen-bond donors (Lipinski definition) is 1. The van der Waals surface area contributed by atoms with Crippen LogP contribution in [-0.4, -0.2) is 31.9 Å². The first-order valence-electron chi connectivity index (χ1n) is 7.95. The molecule has 0 bridgehead atoms. The van der Waals surface area contributed by atoms with Gasteiger partial charge in [-0.15, -0.1) is 22.0 Å². The summed E-state index contributed by atoms with van der Waals surface area (Å²) in [4.78, 5) is 16.6. The molecule has 2 heterocycles. The molecular weight excluding hydrogens is 310 g/mol. The first-order valence-corrected chi connectivity index (χ1v) is 9.17. The van der Waals surface area contributed by atoms with E-state index >= 15 is 0 Å². The van der Waals surface area contributed by atoms with E-state index in [1.165, 1.54) is 31.0 Å². The van der Waals surface area contributed by atoms with E-state index in [0.717, 1.165) is 23.7 Å². The Bertz CT molecular complexity index is 666. The molecule has 0 aliphatic heterocycles. The van der Waals surface area contributed by atoms with Crippen LogP contribution < -0.4 is 5.32 Å². The molecule has 1 amide bonds. The Morgan fingerprint density at radius 1 is 1.39 bits per heavy atom. The highest BCUT2D eigenvalue weighted by Gasteiger charge is 2.19. The molecule has 1 fully saturated rings. The van der Waals surface area contributed by atoms with Crippen molar-refractivity contribution in [3.63, 3.8) is 0 Å². The monoisotopic (exact) mass is 331 g/mol. The molecule has 0 aromatic carbocycles. The minimum atomic E-state index is -0.124. The second kappa shape index (κ2) is 7.59. The summed E-state index contributed by atoms with van der Waals surface area (Å²) in [6.07, 6.45) is 11.5. The lowest BCUT2D eigenvalue weighted by Crippen LogP contribution is -2.26. The van der Waals surface area contributed by atoms with Crippen molar-refractivity contribution in [1.29, 1.82) is 0 Å². The van der Waals surface area contributed by atoms with Gasteiger partial charge in [-0.25, -0.2) is 4.98 Å². The van der Waals surface area contributed by atoms with Gasteiger partial charge in [0.05, 0.1) is 12.1 Å². The van der Waals surface area contributed by atoms with Gasteiger partial charge in [-0.3, -0.25) is 4.79 Å². The number of aromatic nitrogens is 4. The number of carbonyl (C=O) groups excluding carboxylic acids is 1. The minimum Gasteiger partial charge on any atom is -0.345 e. The maximum absolute atomic E-state index is 12.4. The van der Waals surface area contributed by atoms with Crippen molar-refractivity contribution in [2.45, 2.75) is 49.7 Å². The zero-order valence-electron chi connectivity index (χ0n) is 13.2. The molecule has 3 rings (SSSR count). The van der Waals surface area contributed by atoms with Crippen LogP contribution in [0, 0.1) is 0 Å². The predicted molar refractivity (Wildman–Crippen MR) is 89.3 cm³/mol. The quantitative estimate of drug-likeness (QED) is 0.853. The van der Waals surface area contributed by atoms with Crippen molar-refractivity contribution in [1.82, 2.24) is 25.1 Å². The molecule has 7 heteroatoms. The first kappa shape index (κ1) is 16.0. The lowest BCUT2D eigenvalue weighted by molar-refractivity contribution is 0.0945. The molecule has 0 radical (unpaired) electrons. The number of nitrogens with zero attached hydrogens (tertiary/aromatic N) is 4. The fourth-order valence-corrected chi connectivity index (χ4v) is 3.59. The average Bonchev–Trinajstić information content (AvgIpc) is 3.09. The minimum absolute atomic E-state index is 0.124. The molecule has 1 N–H and O–H groups in total. The molecule has 1 saturated carbocycles. The third-order valence-electron chi connectivity index (χ3n) is 4.23. The third-order valence-corrected chi connectivity index (χ3v) is 4.94. The van der Waals surface area contributed by atoms with Gasteiger partial charge < -0.3 is 9.88 Å². The molecular formula is C16H21N5OS. The maximum atomic E-state index is 12.4. The number of hydrogen-bond acceptors (Lipinski definition) is 5. The van der Waals surface area contributed by atoms with Crippen LogP contribution in [0.3, 0.4) is 0 Å². The summed E-state index contributed by atoms with van der Waals surface area (Å²) in [6.45, 7) is 0.387. The van der Waals surface area contributed by atoms with E-state index in [1.54, 1.807) is 24.7 Å². The Morgan fingerprint density at radius 2 is 2.22 bits per heavy atom. The molecule has 0 spiro atoms. The Morgan fingerprint density at radius 3 is 3.00 bits per heavy atom. The van der Waals surface area contributed by atoms with Crippen LogP contribution in [0.2, 0.25) is 0 Å². The van der Waals surface area contributed by atoms with Gasteiger partial charge in [-0.05, 0) is 31.2 Å². The number of thioether (sulfide) groups is 1. The Kier molecular flexibility index (Phi) is 5.27. The molecule has 0 saturated heterocycles. The van der Waals surface area contributed by atoms with Gasteiger partial charge in [0.25, 0.3) is 5.91 Å². The second-order valence-corrected chi connectivity index (χ2v) is 6.48. The zero-order valence-corrected chi connectivity index (χ0v) is 14.1. The largest absolute Gasteiger partial charge is 0.345 e. The lowest BCUT2D eigenvalue weighted by atomic mass is 9.95. The fraction of sp³-hybridized carbons (Fsp3) is 0.500. The molecule has 0 atom stereocenters. The summed E-state index contributed by atoms with van der Waals surface area (Å²) in [5, 5.41) is 11.9. The molecule has 122 valence electrons. The number of amides is 1. The number of carbonyl (C=O) groups is 1. The van der Waals surface area contributed by atoms with Crippen molar-refractivity contribution in [3.05, 3.63) is 36.0 Å². The normalized spacial score (nSPS) is 15.5. The second-order valence-electron chi connectivity index (χ2n) is 5.69. The van der Waals surface area contributed by atoms with Crippen molar-refractivity contribution in [3.8, 4) is 0 Å². The van der Waals surface area contributed by atoms with Crippen LogP contribution in [0.1, 0.15) is 54.3 Å². The van der Waals surface area contributed by atoms with E-state index in [9.17, 15) is 4.79 Å². The predicted octanol–water partition coefficient (Wildman–Crippen LogP) is 2.83. The molecule has 23 heavy (non-hydrogen) atoms. The Hall–Kier alpha value is -1.89. The van der Waals surface area contributed by atoms with Crippen LogP contribution in [0.25, 0.3) is 0 Å². The van der Waals surface area contributed by atoms with E-state index in [2.05, 4.69) is 25.1 Å². The molecule has 2 aromatic rings. The van der Waals surface area contributed by atoms with Gasteiger partial charge in [0.2, 0.25) is 0 Å². The van der Waals surface area contributed by atoms with Crippen LogP contribution in [0.5, 0.6) is 0 Å². The van der Waals surface area contributed by atoms with E-state index in [-0.39, 0.29) is 5.91 Å². The SMILES string of the molecule is CSc1ncccc1C(=O)NCc1nncn1C1CCCCC1. The maximum Gasteiger partial charge on any atom is 0.254 e. The molecule has 2 aromatic heterocycles. The fourth-order valence-electron chi connectivity index (χ4n) is 3.04. The van der Waals surface area contributed by atoms with E-state index in [1.807, 2.05) is 6.26 Å². The first-order chi connectivity index (χ1) is 11.3. The summed E-state index contributed by atoms with van der Waals surface area (Å²) in [6, 6.07) is 4.03. The van der Waals surface area contributed by atoms with Crippen molar-refractivity contribution >= 4 is 17.7 Å². The van der Waals surface area contributed by atoms with Crippen LogP contribution in [0.4, 0.5) is 0 Å². The third kappa shape index (κ3) is 3.72. The highest BCUT2D eigenvalue weighted by molar-refractivity contribution is 7.98. The standard InChI is InChI=1S/C16H21N5OS/c1-23-16-13(8-5-9-17-16)15(22)18-10-14-20-19-11-21(14)12-6-3-2-4-7-12/h5,8-9,11-12H,2-4,6-7,10H2,1H3,(H,18,22). The van der Waals surface area contributed by atoms with E-state index < -0.39 is 0 Å². The highest BCUT2D eigenvalue weighted by atomic mass is 32.2. The number of pyridine rings is 1. The molecule has 0 unspecified atom stereocenters. The van der Waals surface area contributed by atoms with Crippen LogP contribution >= 0.6 is 11.8 Å². The summed E-state index contributed by atoms with van der Waals surface area (Å²) in [7, 11) is 0. The van der Waals surface area contributed by atoms with Crippen molar-refractivity contribution in [2.24, 2.45) is 0 Å². The highest BCUT2D eigenvalue weighted by Crippen LogP contribution is 2.28. The van der Waals surface area contributed by atoms with Crippen molar-refractivity contribution in [2.75, 3.05) is 6.26 Å². The van der Waals surface area contributed by atoms with Crippen LogP contribution in [-0.2, 0) is 6.54 Å². The topological polar surface area (TPSA) is 72.7 Å². The Balaban J connectivity index is 1.67.